The number of nitriles is 1. The van der Waals surface area contributed by atoms with Crippen LogP contribution >= 0.6 is 10.7 Å². The van der Waals surface area contributed by atoms with E-state index in [1.54, 1.807) is 6.92 Å². The fraction of sp³-hybridized carbons (Fsp3) is 0.273. The van der Waals surface area contributed by atoms with Gasteiger partial charge >= 0.3 is 5.97 Å². The second-order valence-corrected chi connectivity index (χ2v) is 6.11. The van der Waals surface area contributed by atoms with Gasteiger partial charge in [0, 0.05) is 10.7 Å². The fourth-order valence-corrected chi connectivity index (χ4v) is 2.06. The van der Waals surface area contributed by atoms with Crippen LogP contribution in [0, 0.1) is 11.3 Å². The molecular formula is C11H10ClNO5S. The van der Waals surface area contributed by atoms with E-state index in [9.17, 15) is 13.2 Å². The van der Waals surface area contributed by atoms with Gasteiger partial charge in [0.1, 0.15) is 17.4 Å². The average molecular weight is 304 g/mol. The number of nitrogens with zero attached hydrogens (tertiary/aromatic N) is 1. The number of carboxylic acids is 1. The Morgan fingerprint density at radius 1 is 1.58 bits per heavy atom. The van der Waals surface area contributed by atoms with Crippen molar-refractivity contribution in [2.24, 2.45) is 0 Å². The number of aromatic carboxylic acids is 1. The third-order valence-corrected chi connectivity index (χ3v) is 3.60. The molecule has 0 saturated heterocycles. The van der Waals surface area contributed by atoms with Crippen molar-refractivity contribution in [3.8, 4) is 11.8 Å². The Kier molecular flexibility index (Phi) is 4.75. The summed E-state index contributed by atoms with van der Waals surface area (Å²) < 4.78 is 27.5. The van der Waals surface area contributed by atoms with Crippen LogP contribution in [0.15, 0.2) is 23.1 Å². The quantitative estimate of drug-likeness (QED) is 0.834. The van der Waals surface area contributed by atoms with Gasteiger partial charge in [-0.05, 0) is 24.6 Å². The second kappa shape index (κ2) is 5.91. The van der Waals surface area contributed by atoms with Crippen LogP contribution < -0.4 is 4.74 Å². The molecule has 0 fully saturated rings. The predicted molar refractivity (Wildman–Crippen MR) is 66.8 cm³/mol. The van der Waals surface area contributed by atoms with Crippen LogP contribution in [0.5, 0.6) is 5.75 Å². The Labute approximate surface area is 114 Å². The molecule has 1 aromatic carbocycles. The molecular weight excluding hydrogens is 294 g/mol. The SMILES string of the molecule is CCC(C#N)Oc1ccc(S(=O)(=O)Cl)cc1C(=O)O. The van der Waals surface area contributed by atoms with E-state index >= 15 is 0 Å². The molecule has 0 aromatic heterocycles. The summed E-state index contributed by atoms with van der Waals surface area (Å²) in [5.41, 5.74) is -0.365. The third-order valence-electron chi connectivity index (χ3n) is 2.25. The van der Waals surface area contributed by atoms with Crippen molar-refractivity contribution in [3.05, 3.63) is 23.8 Å². The lowest BCUT2D eigenvalue weighted by molar-refractivity contribution is 0.0690. The van der Waals surface area contributed by atoms with E-state index in [0.717, 1.165) is 12.1 Å². The number of ether oxygens (including phenoxy) is 1. The molecule has 1 N–H and O–H groups in total. The molecule has 102 valence electrons. The van der Waals surface area contributed by atoms with Gasteiger partial charge in [0.15, 0.2) is 6.10 Å². The molecule has 0 saturated carbocycles. The molecule has 0 heterocycles. The minimum atomic E-state index is -4.03. The van der Waals surface area contributed by atoms with Crippen molar-refractivity contribution in [1.82, 2.24) is 0 Å². The number of benzene rings is 1. The highest BCUT2D eigenvalue weighted by Gasteiger charge is 2.19. The summed E-state index contributed by atoms with van der Waals surface area (Å²) in [6.45, 7) is 1.70. The summed E-state index contributed by atoms with van der Waals surface area (Å²) in [5, 5.41) is 17.8. The Morgan fingerprint density at radius 2 is 2.21 bits per heavy atom. The first-order valence-electron chi connectivity index (χ1n) is 5.17. The summed E-state index contributed by atoms with van der Waals surface area (Å²) >= 11 is 0. The zero-order valence-electron chi connectivity index (χ0n) is 9.83. The molecule has 0 bridgehead atoms. The highest BCUT2D eigenvalue weighted by Crippen LogP contribution is 2.25. The highest BCUT2D eigenvalue weighted by molar-refractivity contribution is 8.13. The lowest BCUT2D eigenvalue weighted by atomic mass is 10.2. The lowest BCUT2D eigenvalue weighted by Crippen LogP contribution is -2.15. The zero-order chi connectivity index (χ0) is 14.6. The van der Waals surface area contributed by atoms with E-state index in [0.29, 0.717) is 6.42 Å². The summed E-state index contributed by atoms with van der Waals surface area (Å²) in [7, 11) is 1.11. The third kappa shape index (κ3) is 3.84. The average Bonchev–Trinajstić information content (AvgIpc) is 2.34. The first-order chi connectivity index (χ1) is 8.79. The van der Waals surface area contributed by atoms with Crippen LogP contribution in [-0.4, -0.2) is 25.6 Å². The maximum Gasteiger partial charge on any atom is 0.339 e. The molecule has 0 aliphatic rings. The first-order valence-corrected chi connectivity index (χ1v) is 7.48. The van der Waals surface area contributed by atoms with Gasteiger partial charge < -0.3 is 9.84 Å². The minimum absolute atomic E-state index is 0.0787. The molecule has 0 amide bonds. The van der Waals surface area contributed by atoms with Crippen molar-refractivity contribution in [3.63, 3.8) is 0 Å². The van der Waals surface area contributed by atoms with Gasteiger partial charge in [0.2, 0.25) is 0 Å². The number of hydrogen-bond acceptors (Lipinski definition) is 5. The van der Waals surface area contributed by atoms with Crippen molar-refractivity contribution >= 4 is 25.7 Å². The van der Waals surface area contributed by atoms with E-state index in [4.69, 9.17) is 25.8 Å². The summed E-state index contributed by atoms with van der Waals surface area (Å²) in [6.07, 6.45) is -0.443. The van der Waals surface area contributed by atoms with Crippen LogP contribution in [0.4, 0.5) is 0 Å². The Hall–Kier alpha value is -1.78. The molecule has 19 heavy (non-hydrogen) atoms. The fourth-order valence-electron chi connectivity index (χ4n) is 1.28. The van der Waals surface area contributed by atoms with Crippen LogP contribution in [0.2, 0.25) is 0 Å². The van der Waals surface area contributed by atoms with Crippen LogP contribution in [0.1, 0.15) is 23.7 Å². The molecule has 0 spiro atoms. The van der Waals surface area contributed by atoms with Gasteiger partial charge in [-0.2, -0.15) is 5.26 Å². The van der Waals surface area contributed by atoms with Gasteiger partial charge in [-0.15, -0.1) is 0 Å². The second-order valence-electron chi connectivity index (χ2n) is 3.54. The number of hydrogen-bond donors (Lipinski definition) is 1. The van der Waals surface area contributed by atoms with E-state index in [-0.39, 0.29) is 16.2 Å². The summed E-state index contributed by atoms with van der Waals surface area (Å²) in [6, 6.07) is 5.03. The Balaban J connectivity index is 3.28. The van der Waals surface area contributed by atoms with Crippen molar-refractivity contribution in [1.29, 1.82) is 5.26 Å². The molecule has 0 radical (unpaired) electrons. The van der Waals surface area contributed by atoms with Crippen molar-refractivity contribution in [2.75, 3.05) is 0 Å². The number of carboxylic acid groups (broad SMARTS) is 1. The maximum absolute atomic E-state index is 11.1. The van der Waals surface area contributed by atoms with E-state index in [2.05, 4.69) is 0 Å². The molecule has 8 heteroatoms. The van der Waals surface area contributed by atoms with Crippen molar-refractivity contribution in [2.45, 2.75) is 24.3 Å². The first kappa shape index (κ1) is 15.3. The normalized spacial score (nSPS) is 12.5. The smallest absolute Gasteiger partial charge is 0.339 e. The lowest BCUT2D eigenvalue weighted by Gasteiger charge is -2.13. The molecule has 0 aliphatic carbocycles. The molecule has 1 rings (SSSR count). The van der Waals surface area contributed by atoms with Gasteiger partial charge in [-0.1, -0.05) is 6.92 Å². The maximum atomic E-state index is 11.1. The Morgan fingerprint density at radius 3 is 2.63 bits per heavy atom. The largest absolute Gasteiger partial charge is 0.478 e. The van der Waals surface area contributed by atoms with E-state index in [1.807, 2.05) is 6.07 Å². The zero-order valence-corrected chi connectivity index (χ0v) is 11.4. The molecule has 1 unspecified atom stereocenters. The number of halogens is 1. The molecule has 1 atom stereocenters. The minimum Gasteiger partial charge on any atom is -0.478 e. The van der Waals surface area contributed by atoms with Gasteiger partial charge in [0.05, 0.1) is 4.90 Å². The predicted octanol–water partition coefficient (Wildman–Crippen LogP) is 1.99. The van der Waals surface area contributed by atoms with Gasteiger partial charge in [0.25, 0.3) is 9.05 Å². The Bertz CT molecular complexity index is 635. The number of carbonyl (C=O) groups is 1. The number of rotatable bonds is 5. The van der Waals surface area contributed by atoms with E-state index in [1.165, 1.54) is 6.07 Å². The van der Waals surface area contributed by atoms with Crippen LogP contribution in [0.25, 0.3) is 0 Å². The van der Waals surface area contributed by atoms with Gasteiger partial charge in [-0.3, -0.25) is 0 Å². The summed E-state index contributed by atoms with van der Waals surface area (Å²) in [4.78, 5) is 10.7. The molecule has 1 aromatic rings. The molecule has 0 aliphatic heterocycles. The highest BCUT2D eigenvalue weighted by atomic mass is 35.7. The standard InChI is InChI=1S/C11H10ClNO5S/c1-2-7(6-13)18-10-4-3-8(19(12,16)17)5-9(10)11(14)15/h3-5,7H,2H2,1H3,(H,14,15). The topological polar surface area (TPSA) is 104 Å². The van der Waals surface area contributed by atoms with Crippen LogP contribution in [0.3, 0.4) is 0 Å². The summed E-state index contributed by atoms with van der Waals surface area (Å²) in [5.74, 6) is -1.45. The van der Waals surface area contributed by atoms with Gasteiger partial charge in [-0.25, -0.2) is 13.2 Å². The monoisotopic (exact) mass is 303 g/mol. The van der Waals surface area contributed by atoms with Crippen molar-refractivity contribution < 1.29 is 23.1 Å². The van der Waals surface area contributed by atoms with E-state index < -0.39 is 21.1 Å². The molecule has 6 nitrogen and oxygen atoms in total. The van der Waals surface area contributed by atoms with Crippen LogP contribution in [-0.2, 0) is 9.05 Å².